The number of halogens is 7. The topological polar surface area (TPSA) is 273 Å². The molecule has 1 saturated carbocycles. The van der Waals surface area contributed by atoms with E-state index in [1.807, 2.05) is 13.8 Å². The highest BCUT2D eigenvalue weighted by Crippen LogP contribution is 2.38. The van der Waals surface area contributed by atoms with Crippen molar-refractivity contribution < 1.29 is 84.2 Å². The lowest BCUT2D eigenvalue weighted by Gasteiger charge is -2.45. The van der Waals surface area contributed by atoms with Crippen molar-refractivity contribution in [3.8, 4) is 0 Å². The molecule has 0 bridgehead atoms. The Morgan fingerprint density at radius 2 is 1.23 bits per heavy atom. The number of benzene rings is 3. The van der Waals surface area contributed by atoms with Crippen LogP contribution in [0.1, 0.15) is 146 Å². The van der Waals surface area contributed by atoms with Crippen LogP contribution in [0.15, 0.2) is 72.8 Å². The number of fused-ring (bicyclic) bond motifs is 1. The fraction of sp³-hybridized carbons (Fsp3) is 0.623. The van der Waals surface area contributed by atoms with Gasteiger partial charge in [0.15, 0.2) is 0 Å². The number of aliphatic hydroxyl groups is 1. The summed E-state index contributed by atoms with van der Waals surface area (Å²) in [7, 11) is 9.40. The maximum Gasteiger partial charge on any atom is 0.417 e. The molecular weight excluding hydrogens is 1430 g/mol. The molecule has 1 aliphatic carbocycles. The van der Waals surface area contributed by atoms with Crippen LogP contribution in [0.3, 0.4) is 0 Å². The first kappa shape index (κ1) is 87.0. The molecule has 3 heterocycles. The highest BCUT2D eigenvalue weighted by Gasteiger charge is 2.51. The minimum absolute atomic E-state index is 0.0204. The molecule has 1 unspecified atom stereocenters. The summed E-state index contributed by atoms with van der Waals surface area (Å²) >= 11 is 6.18. The number of rotatable bonds is 14. The van der Waals surface area contributed by atoms with Crippen molar-refractivity contribution in [2.45, 2.75) is 216 Å². The third-order valence-electron chi connectivity index (χ3n) is 22.8. The fourth-order valence-electron chi connectivity index (χ4n) is 14.8. The minimum atomic E-state index is -4.83. The van der Waals surface area contributed by atoms with Gasteiger partial charge in [-0.3, -0.25) is 52.8 Å². The van der Waals surface area contributed by atoms with E-state index in [4.69, 9.17) is 11.6 Å². The molecular formula is C77H107ClF6N12O12. The van der Waals surface area contributed by atoms with Gasteiger partial charge in [0.05, 0.1) is 41.2 Å². The highest BCUT2D eigenvalue weighted by molar-refractivity contribution is 6.31. The van der Waals surface area contributed by atoms with Crippen molar-refractivity contribution in [1.29, 1.82) is 0 Å². The van der Waals surface area contributed by atoms with Gasteiger partial charge in [-0.2, -0.15) is 26.3 Å². The number of likely N-dealkylation sites (tertiary alicyclic amines) is 1. The molecule has 0 radical (unpaired) electrons. The Bertz CT molecular complexity index is 3700. The number of hydrogen-bond acceptors (Lipinski definition) is 14. The molecule has 31 heteroatoms. The molecule has 3 saturated heterocycles. The van der Waals surface area contributed by atoms with Crippen molar-refractivity contribution in [2.75, 3.05) is 82.1 Å². The normalized spacial score (nSPS) is 26.6. The first-order valence-electron chi connectivity index (χ1n) is 37.1. The zero-order valence-electron chi connectivity index (χ0n) is 64.1. The summed E-state index contributed by atoms with van der Waals surface area (Å²) in [5.41, 5.74) is -4.66. The van der Waals surface area contributed by atoms with Crippen molar-refractivity contribution in [1.82, 2.24) is 60.0 Å². The number of aliphatic hydroxyl groups excluding tert-OH is 1. The molecule has 596 valence electrons. The van der Waals surface area contributed by atoms with Gasteiger partial charge in [0, 0.05) is 88.4 Å². The number of likely N-dealkylation sites (N-methyl/N-ethyl adjacent to an activating group) is 7. The standard InChI is InChI=1S/C77H107ClF6N12O12/c1-14-47(3)63-71(106)89(8)49(5)66(101)96-39-34-57(96)69(104)91(10)59(42-52-26-30-53(31-27-52)76(79,80)81)68(103)88(7)44-61(98)86-56(33-29-51-28-32-54(55(78)40-51)77(82,83)84)67(102)90(9)58(41-50-24-18-16-19-25-50)65(100)87-75(35-20-21-36-75)73(108)93(12)64(48(4)15-2)72(107)92(11)60(70(105)95-37-22-17-23-38-95)43-62(99)94(13)74(6,46-97)45-85-63/h16,18-19,24-28,30-32,40,46-49,56-60,63-64,70,85,105H,14-15,17,20-23,29,33-39,41-45H2,1-13H3,(H,86,98)(H,87,100)/t47-,48-,49-,56-,57-,58+,59-,60-,63-,64-,70?,74-/m0/s1. The quantitative estimate of drug-likeness (QED) is 0.0979. The van der Waals surface area contributed by atoms with Crippen molar-refractivity contribution >= 4 is 77.0 Å². The molecule has 3 aromatic carbocycles. The third-order valence-corrected chi connectivity index (χ3v) is 23.1. The molecule has 12 atom stereocenters. The van der Waals surface area contributed by atoms with E-state index in [0.717, 1.165) is 63.6 Å². The van der Waals surface area contributed by atoms with Gasteiger partial charge in [0.2, 0.25) is 59.1 Å². The number of carbonyl (C=O) groups excluding carboxylic acids is 11. The second kappa shape index (κ2) is 37.0. The average molecular weight is 1540 g/mol. The molecule has 108 heavy (non-hydrogen) atoms. The Labute approximate surface area is 633 Å². The van der Waals surface area contributed by atoms with Crippen LogP contribution in [0.4, 0.5) is 26.3 Å². The predicted octanol–water partition coefficient (Wildman–Crippen LogP) is 6.60. The van der Waals surface area contributed by atoms with Gasteiger partial charge in [0.25, 0.3) is 0 Å². The smallest absolute Gasteiger partial charge is 0.376 e. The fourth-order valence-corrected chi connectivity index (χ4v) is 15.1. The Morgan fingerprint density at radius 1 is 0.648 bits per heavy atom. The number of alkyl halides is 6. The van der Waals surface area contributed by atoms with Gasteiger partial charge in [0.1, 0.15) is 59.8 Å². The van der Waals surface area contributed by atoms with E-state index in [1.54, 1.807) is 49.1 Å². The molecule has 4 fully saturated rings. The minimum Gasteiger partial charge on any atom is -0.376 e. The van der Waals surface area contributed by atoms with Gasteiger partial charge in [-0.25, -0.2) is 0 Å². The van der Waals surface area contributed by atoms with Crippen LogP contribution < -0.4 is 16.0 Å². The Hall–Kier alpha value is -8.22. The number of aldehydes is 1. The Kier molecular flexibility index (Phi) is 29.8. The summed E-state index contributed by atoms with van der Waals surface area (Å²) in [6.07, 6.45) is -8.09. The monoisotopic (exact) mass is 1540 g/mol. The van der Waals surface area contributed by atoms with E-state index < -0.39 is 184 Å². The summed E-state index contributed by atoms with van der Waals surface area (Å²) in [6.45, 7) is 9.83. The van der Waals surface area contributed by atoms with E-state index in [1.165, 1.54) is 87.7 Å². The molecule has 24 nitrogen and oxygen atoms in total. The summed E-state index contributed by atoms with van der Waals surface area (Å²) in [5, 5.41) is 20.7. The van der Waals surface area contributed by atoms with Gasteiger partial charge < -0.3 is 65.1 Å². The van der Waals surface area contributed by atoms with Crippen LogP contribution >= 0.6 is 11.6 Å². The maximum atomic E-state index is 15.8. The Morgan fingerprint density at radius 3 is 1.79 bits per heavy atom. The van der Waals surface area contributed by atoms with E-state index in [-0.39, 0.29) is 62.7 Å². The van der Waals surface area contributed by atoms with E-state index in [9.17, 15) is 55.4 Å². The lowest BCUT2D eigenvalue weighted by atomic mass is 9.90. The van der Waals surface area contributed by atoms with Gasteiger partial charge in [-0.05, 0) is 112 Å². The summed E-state index contributed by atoms with van der Waals surface area (Å²) in [4.78, 5) is 176. The summed E-state index contributed by atoms with van der Waals surface area (Å²) < 4.78 is 83.7. The van der Waals surface area contributed by atoms with E-state index in [0.29, 0.717) is 63.5 Å². The molecule has 3 aromatic rings. The number of aryl methyl sites for hydroxylation is 1. The van der Waals surface area contributed by atoms with E-state index in [2.05, 4.69) is 16.0 Å². The van der Waals surface area contributed by atoms with Crippen LogP contribution in [-0.2, 0) is 84.4 Å². The summed E-state index contributed by atoms with van der Waals surface area (Å²) in [5.74, 6) is -8.78. The number of amides is 10. The van der Waals surface area contributed by atoms with Gasteiger partial charge in [-0.15, -0.1) is 0 Å². The largest absolute Gasteiger partial charge is 0.417 e. The molecule has 1 spiro atoms. The number of carbonyl (C=O) groups is 11. The van der Waals surface area contributed by atoms with Crippen molar-refractivity contribution in [2.24, 2.45) is 11.8 Å². The summed E-state index contributed by atoms with van der Waals surface area (Å²) in [6, 6.07) is 4.45. The number of hydrogen-bond donors (Lipinski definition) is 4. The molecule has 3 aliphatic heterocycles. The van der Waals surface area contributed by atoms with E-state index >= 15 is 28.8 Å². The third kappa shape index (κ3) is 20.4. The van der Waals surface area contributed by atoms with Crippen LogP contribution in [0.5, 0.6) is 0 Å². The SMILES string of the molecule is CC[C@H](C)[C@@H]1NC[C@@](C)(C=O)N(C)C(=O)C[C@@H](C(O)N2CCCCC2)N(C)C(=O)[C@H]([C@@H](C)CC)N(C)C(=O)C2(CCCC2)NC(=O)[C@@H](Cc2ccccc2)N(C)C(=O)[C@H](CCc2ccc(C(F)(F)F)c(Cl)c2)NC(=O)CN(C)C(=O)[C@H](Cc2ccc(C(F)(F)F)cc2)N(C)C(=O)[C@@H]2CCN2C(=O)[C@H](C)N(C)C1=O. The molecule has 4 aliphatic rings. The molecule has 4 N–H and O–H groups in total. The predicted molar refractivity (Wildman–Crippen MR) is 392 cm³/mol. The van der Waals surface area contributed by atoms with Crippen molar-refractivity contribution in [3.05, 3.63) is 106 Å². The molecule has 7 rings (SSSR count). The lowest BCUT2D eigenvalue weighted by Crippen LogP contribution is -2.66. The first-order valence-corrected chi connectivity index (χ1v) is 37.5. The van der Waals surface area contributed by atoms with Crippen LogP contribution in [0, 0.1) is 11.8 Å². The average Bonchev–Trinajstić information content (AvgIpc) is 1.33. The highest BCUT2D eigenvalue weighted by atomic mass is 35.5. The van der Waals surface area contributed by atoms with Crippen molar-refractivity contribution in [3.63, 3.8) is 0 Å². The number of nitrogens with zero attached hydrogens (tertiary/aromatic N) is 9. The second-order valence-corrected chi connectivity index (χ2v) is 30.5. The first-order chi connectivity index (χ1) is 50.7. The zero-order chi connectivity index (χ0) is 80.2. The number of piperidine rings is 1. The number of nitrogens with one attached hydrogen (secondary N) is 3. The van der Waals surface area contributed by atoms with Crippen LogP contribution in [0.25, 0.3) is 0 Å². The zero-order valence-corrected chi connectivity index (χ0v) is 64.9. The maximum absolute atomic E-state index is 15.8. The lowest BCUT2D eigenvalue weighted by molar-refractivity contribution is -0.160. The second-order valence-electron chi connectivity index (χ2n) is 30.1. The molecule has 0 aromatic heterocycles. The molecule has 10 amide bonds. The van der Waals surface area contributed by atoms with Crippen LogP contribution in [0.2, 0.25) is 5.02 Å². The van der Waals surface area contributed by atoms with Gasteiger partial charge in [-0.1, -0.05) is 120 Å². The van der Waals surface area contributed by atoms with Crippen LogP contribution in [-0.4, -0.2) is 262 Å². The van der Waals surface area contributed by atoms with Gasteiger partial charge >= 0.3 is 12.4 Å². The Balaban J connectivity index is 1.35.